The van der Waals surface area contributed by atoms with E-state index in [0.29, 0.717) is 30.3 Å². The van der Waals surface area contributed by atoms with Crippen molar-refractivity contribution in [3.8, 4) is 5.75 Å². The number of nitrogens with one attached hydrogen (secondary N) is 2. The monoisotopic (exact) mass is 298 g/mol. The minimum Gasteiger partial charge on any atom is -0.491 e. The molecule has 1 aromatic carbocycles. The van der Waals surface area contributed by atoms with E-state index in [1.165, 1.54) is 0 Å². The number of aliphatic hydroxyl groups excluding tert-OH is 1. The highest BCUT2D eigenvalue weighted by atomic mass is 35.5. The molecule has 2 atom stereocenters. The normalized spacial score (nSPS) is 19.8. The second-order valence-corrected chi connectivity index (χ2v) is 5.40. The number of carbonyl (C=O) groups is 1. The highest BCUT2D eigenvalue weighted by molar-refractivity contribution is 6.31. The fraction of sp³-hybridized carbons (Fsp3) is 0.500. The summed E-state index contributed by atoms with van der Waals surface area (Å²) >= 11 is 5.93. The number of benzene rings is 1. The molecule has 1 aliphatic rings. The Bertz CT molecular complexity index is 481. The number of amides is 1. The molecule has 110 valence electrons. The quantitative estimate of drug-likeness (QED) is 0.729. The fourth-order valence-corrected chi connectivity index (χ4v) is 2.13. The maximum absolute atomic E-state index is 11.0. The molecule has 1 aliphatic heterocycles. The van der Waals surface area contributed by atoms with Gasteiger partial charge in [-0.25, -0.2) is 0 Å². The molecule has 0 radical (unpaired) electrons. The number of rotatable bonds is 6. The lowest BCUT2D eigenvalue weighted by Crippen LogP contribution is -2.39. The second-order valence-electron chi connectivity index (χ2n) is 4.99. The van der Waals surface area contributed by atoms with E-state index in [2.05, 4.69) is 10.6 Å². The van der Waals surface area contributed by atoms with Crippen molar-refractivity contribution in [2.24, 2.45) is 0 Å². The minimum atomic E-state index is -0.623. The van der Waals surface area contributed by atoms with Crippen LogP contribution in [0.2, 0.25) is 5.02 Å². The molecule has 0 saturated carbocycles. The molecule has 1 aromatic rings. The summed E-state index contributed by atoms with van der Waals surface area (Å²) < 4.78 is 5.51. The summed E-state index contributed by atoms with van der Waals surface area (Å²) in [6.45, 7) is 3.11. The molecule has 3 N–H and O–H groups in total. The van der Waals surface area contributed by atoms with Gasteiger partial charge < -0.3 is 20.5 Å². The van der Waals surface area contributed by atoms with Crippen molar-refractivity contribution in [1.82, 2.24) is 10.6 Å². The van der Waals surface area contributed by atoms with Gasteiger partial charge in [0.05, 0.1) is 0 Å². The molecule has 1 heterocycles. The molecule has 0 aromatic heterocycles. The van der Waals surface area contributed by atoms with Gasteiger partial charge in [0, 0.05) is 30.6 Å². The molecule has 1 saturated heterocycles. The van der Waals surface area contributed by atoms with Crippen molar-refractivity contribution in [3.63, 3.8) is 0 Å². The van der Waals surface area contributed by atoms with E-state index in [-0.39, 0.29) is 18.6 Å². The maximum Gasteiger partial charge on any atom is 0.221 e. The van der Waals surface area contributed by atoms with Crippen LogP contribution >= 0.6 is 11.6 Å². The molecule has 1 amide bonds. The van der Waals surface area contributed by atoms with Crippen molar-refractivity contribution in [3.05, 3.63) is 28.8 Å². The Morgan fingerprint density at radius 2 is 2.40 bits per heavy atom. The van der Waals surface area contributed by atoms with E-state index in [1.807, 2.05) is 13.0 Å². The highest BCUT2D eigenvalue weighted by Crippen LogP contribution is 2.21. The van der Waals surface area contributed by atoms with E-state index < -0.39 is 6.10 Å². The Morgan fingerprint density at radius 3 is 3.05 bits per heavy atom. The largest absolute Gasteiger partial charge is 0.491 e. The van der Waals surface area contributed by atoms with Crippen molar-refractivity contribution in [2.45, 2.75) is 25.5 Å². The molecular weight excluding hydrogens is 280 g/mol. The van der Waals surface area contributed by atoms with Crippen molar-refractivity contribution >= 4 is 17.5 Å². The van der Waals surface area contributed by atoms with Gasteiger partial charge in [0.2, 0.25) is 5.91 Å². The maximum atomic E-state index is 11.0. The van der Waals surface area contributed by atoms with E-state index in [4.69, 9.17) is 16.3 Å². The third-order valence-corrected chi connectivity index (χ3v) is 3.62. The Kier molecular flexibility index (Phi) is 5.23. The van der Waals surface area contributed by atoms with Gasteiger partial charge in [-0.15, -0.1) is 0 Å². The van der Waals surface area contributed by atoms with Crippen LogP contribution in [0.15, 0.2) is 18.2 Å². The average molecular weight is 299 g/mol. The Morgan fingerprint density at radius 1 is 1.60 bits per heavy atom. The van der Waals surface area contributed by atoms with Gasteiger partial charge >= 0.3 is 0 Å². The van der Waals surface area contributed by atoms with Crippen LogP contribution in [0.4, 0.5) is 0 Å². The molecule has 5 nitrogen and oxygen atoms in total. The number of hydrogen-bond donors (Lipinski definition) is 3. The number of halogens is 1. The first kappa shape index (κ1) is 15.1. The van der Waals surface area contributed by atoms with Crippen LogP contribution < -0.4 is 15.4 Å². The standard InChI is InChI=1S/C14H19ClN2O3/c1-9-4-12(2-3-13(9)15)20-8-11(18)7-16-10-5-14(19)17-6-10/h2-4,10-11,16,18H,5-8H2,1H3,(H,17,19). The lowest BCUT2D eigenvalue weighted by atomic mass is 10.2. The van der Waals surface area contributed by atoms with Gasteiger partial charge in [-0.3, -0.25) is 4.79 Å². The van der Waals surface area contributed by atoms with Gasteiger partial charge in [0.25, 0.3) is 0 Å². The molecule has 0 bridgehead atoms. The smallest absolute Gasteiger partial charge is 0.221 e. The molecule has 0 aliphatic carbocycles. The van der Waals surface area contributed by atoms with Crippen molar-refractivity contribution in [2.75, 3.05) is 19.7 Å². The summed E-state index contributed by atoms with van der Waals surface area (Å²) in [6.07, 6.45) is -0.161. The second kappa shape index (κ2) is 6.92. The number of ether oxygens (including phenoxy) is 1. The fourth-order valence-electron chi connectivity index (χ4n) is 2.01. The molecule has 2 unspecified atom stereocenters. The molecule has 20 heavy (non-hydrogen) atoms. The zero-order valence-electron chi connectivity index (χ0n) is 11.4. The van der Waals surface area contributed by atoms with E-state index >= 15 is 0 Å². The molecule has 1 fully saturated rings. The number of carbonyl (C=O) groups excluding carboxylic acids is 1. The van der Waals surface area contributed by atoms with E-state index in [9.17, 15) is 9.90 Å². The van der Waals surface area contributed by atoms with E-state index in [0.717, 1.165) is 5.56 Å². The number of aliphatic hydroxyl groups is 1. The zero-order valence-corrected chi connectivity index (χ0v) is 12.1. The van der Waals surface area contributed by atoms with Gasteiger partial charge in [-0.05, 0) is 30.7 Å². The minimum absolute atomic E-state index is 0.0462. The van der Waals surface area contributed by atoms with Crippen LogP contribution in [0.1, 0.15) is 12.0 Å². The predicted molar refractivity (Wildman–Crippen MR) is 77.1 cm³/mol. The van der Waals surface area contributed by atoms with Crippen LogP contribution in [0.3, 0.4) is 0 Å². The van der Waals surface area contributed by atoms with Gasteiger partial charge in [-0.2, -0.15) is 0 Å². The summed E-state index contributed by atoms with van der Waals surface area (Å²) in [5.74, 6) is 0.730. The summed E-state index contributed by atoms with van der Waals surface area (Å²) in [6, 6.07) is 5.47. The molecule has 2 rings (SSSR count). The highest BCUT2D eigenvalue weighted by Gasteiger charge is 2.21. The third-order valence-electron chi connectivity index (χ3n) is 3.19. The Hall–Kier alpha value is -1.30. The Labute approximate surface area is 123 Å². The number of aryl methyl sites for hydroxylation is 1. The first-order chi connectivity index (χ1) is 9.54. The van der Waals surface area contributed by atoms with Gasteiger partial charge in [-0.1, -0.05) is 11.6 Å². The Balaban J connectivity index is 1.70. The first-order valence-electron chi connectivity index (χ1n) is 6.61. The average Bonchev–Trinajstić information content (AvgIpc) is 2.83. The van der Waals surface area contributed by atoms with Crippen molar-refractivity contribution in [1.29, 1.82) is 0 Å². The third kappa shape index (κ3) is 4.37. The van der Waals surface area contributed by atoms with Gasteiger partial charge in [0.15, 0.2) is 0 Å². The summed E-state index contributed by atoms with van der Waals surface area (Å²) in [7, 11) is 0. The van der Waals surface area contributed by atoms with Crippen molar-refractivity contribution < 1.29 is 14.6 Å². The van der Waals surface area contributed by atoms with Crippen LogP contribution in [-0.2, 0) is 4.79 Å². The van der Waals surface area contributed by atoms with E-state index in [1.54, 1.807) is 12.1 Å². The topological polar surface area (TPSA) is 70.6 Å². The van der Waals surface area contributed by atoms with Gasteiger partial charge in [0.1, 0.15) is 18.5 Å². The first-order valence-corrected chi connectivity index (χ1v) is 6.99. The van der Waals surface area contributed by atoms with Crippen LogP contribution in [-0.4, -0.2) is 42.9 Å². The summed E-state index contributed by atoms with van der Waals surface area (Å²) in [4.78, 5) is 11.0. The predicted octanol–water partition coefficient (Wildman–Crippen LogP) is 0.866. The lowest BCUT2D eigenvalue weighted by Gasteiger charge is -2.16. The van der Waals surface area contributed by atoms with Crippen LogP contribution in [0.5, 0.6) is 5.75 Å². The zero-order chi connectivity index (χ0) is 14.5. The van der Waals surface area contributed by atoms with Crippen LogP contribution in [0, 0.1) is 6.92 Å². The number of hydrogen-bond acceptors (Lipinski definition) is 4. The summed E-state index contributed by atoms with van der Waals surface area (Å²) in [5, 5.41) is 16.4. The SMILES string of the molecule is Cc1cc(OCC(O)CNC2CNC(=O)C2)ccc1Cl. The molecule has 6 heteroatoms. The molecule has 0 spiro atoms. The molecular formula is C14H19ClN2O3. The van der Waals surface area contributed by atoms with Crippen LogP contribution in [0.25, 0.3) is 0 Å². The lowest BCUT2D eigenvalue weighted by molar-refractivity contribution is -0.119. The summed E-state index contributed by atoms with van der Waals surface area (Å²) in [5.41, 5.74) is 0.937.